The van der Waals surface area contributed by atoms with Crippen LogP contribution >= 0.6 is 0 Å². The Kier molecular flexibility index (Phi) is 3.10. The van der Waals surface area contributed by atoms with Gasteiger partial charge < -0.3 is 10.5 Å². The van der Waals surface area contributed by atoms with Crippen molar-refractivity contribution in [3.8, 4) is 11.8 Å². The molecule has 13 heavy (non-hydrogen) atoms. The average molecular weight is 179 g/mol. The minimum atomic E-state index is -0.694. The van der Waals surface area contributed by atoms with Crippen molar-refractivity contribution in [2.45, 2.75) is 31.7 Å². The van der Waals surface area contributed by atoms with Gasteiger partial charge in [-0.3, -0.25) is 0 Å². The maximum atomic E-state index is 11.1. The van der Waals surface area contributed by atoms with E-state index in [0.29, 0.717) is 6.42 Å². The smallest absolute Gasteiger partial charge is 0.330 e. The molecule has 1 saturated carbocycles. The van der Waals surface area contributed by atoms with Gasteiger partial charge in [0.25, 0.3) is 0 Å². The Morgan fingerprint density at radius 1 is 1.69 bits per heavy atom. The molecule has 0 aromatic rings. The minimum Gasteiger partial charge on any atom is -0.433 e. The summed E-state index contributed by atoms with van der Waals surface area (Å²) in [5, 5.41) is 0. The van der Waals surface area contributed by atoms with Crippen molar-refractivity contribution < 1.29 is 9.53 Å². The van der Waals surface area contributed by atoms with Gasteiger partial charge >= 0.3 is 5.97 Å². The van der Waals surface area contributed by atoms with Crippen molar-refractivity contribution in [1.82, 2.24) is 0 Å². The lowest BCUT2D eigenvalue weighted by Crippen LogP contribution is -2.33. The SMILES string of the molecule is CC#CC/C=C\OC(=O)C1(N)CC1. The first-order valence-electron chi connectivity index (χ1n) is 4.23. The molecule has 0 atom stereocenters. The van der Waals surface area contributed by atoms with Gasteiger partial charge in [0.05, 0.1) is 6.26 Å². The lowest BCUT2D eigenvalue weighted by atomic mass is 10.3. The van der Waals surface area contributed by atoms with E-state index >= 15 is 0 Å². The summed E-state index contributed by atoms with van der Waals surface area (Å²) >= 11 is 0. The first kappa shape index (κ1) is 9.82. The monoisotopic (exact) mass is 179 g/mol. The van der Waals surface area contributed by atoms with E-state index in [2.05, 4.69) is 11.8 Å². The predicted octanol–water partition coefficient (Wildman–Crippen LogP) is 0.948. The molecule has 0 bridgehead atoms. The molecule has 0 aromatic heterocycles. The minimum absolute atomic E-state index is 0.340. The third-order valence-electron chi connectivity index (χ3n) is 1.86. The van der Waals surface area contributed by atoms with Crippen molar-refractivity contribution in [3.05, 3.63) is 12.3 Å². The number of hydrogen-bond donors (Lipinski definition) is 1. The Morgan fingerprint density at radius 2 is 2.38 bits per heavy atom. The van der Waals surface area contributed by atoms with Gasteiger partial charge in [-0.05, 0) is 25.8 Å². The summed E-state index contributed by atoms with van der Waals surface area (Å²) in [6, 6.07) is 0. The summed E-state index contributed by atoms with van der Waals surface area (Å²) in [7, 11) is 0. The second kappa shape index (κ2) is 4.11. The molecule has 0 aromatic carbocycles. The molecule has 1 rings (SSSR count). The van der Waals surface area contributed by atoms with Crippen LogP contribution in [0, 0.1) is 11.8 Å². The number of nitrogens with two attached hydrogens (primary N) is 1. The van der Waals surface area contributed by atoms with E-state index in [1.165, 1.54) is 6.26 Å². The fourth-order valence-electron chi connectivity index (χ4n) is 0.775. The Morgan fingerprint density at radius 3 is 2.92 bits per heavy atom. The van der Waals surface area contributed by atoms with E-state index in [1.54, 1.807) is 13.0 Å². The first-order valence-corrected chi connectivity index (χ1v) is 4.23. The molecular weight excluding hydrogens is 166 g/mol. The number of allylic oxidation sites excluding steroid dienone is 1. The number of carbonyl (C=O) groups is 1. The third kappa shape index (κ3) is 2.92. The van der Waals surface area contributed by atoms with Gasteiger partial charge in [0.15, 0.2) is 0 Å². The normalized spacial score (nSPS) is 17.7. The van der Waals surface area contributed by atoms with Gasteiger partial charge in [-0.25, -0.2) is 4.79 Å². The van der Waals surface area contributed by atoms with Crippen molar-refractivity contribution in [1.29, 1.82) is 0 Å². The van der Waals surface area contributed by atoms with Crippen LogP contribution in [0.2, 0.25) is 0 Å². The molecule has 0 amide bonds. The Labute approximate surface area is 77.9 Å². The van der Waals surface area contributed by atoms with Crippen LogP contribution in [-0.2, 0) is 9.53 Å². The van der Waals surface area contributed by atoms with Crippen molar-refractivity contribution in [3.63, 3.8) is 0 Å². The van der Waals surface area contributed by atoms with E-state index in [9.17, 15) is 4.79 Å². The second-order valence-electron chi connectivity index (χ2n) is 3.06. The largest absolute Gasteiger partial charge is 0.433 e. The zero-order valence-corrected chi connectivity index (χ0v) is 7.67. The van der Waals surface area contributed by atoms with Gasteiger partial charge in [0.2, 0.25) is 0 Å². The Bertz CT molecular complexity index is 279. The number of hydrogen-bond acceptors (Lipinski definition) is 3. The summed E-state index contributed by atoms with van der Waals surface area (Å²) in [5.41, 5.74) is 4.90. The van der Waals surface area contributed by atoms with Crippen LogP contribution in [0.5, 0.6) is 0 Å². The van der Waals surface area contributed by atoms with Crippen LogP contribution in [0.15, 0.2) is 12.3 Å². The Hall–Kier alpha value is -1.27. The van der Waals surface area contributed by atoms with Crippen LogP contribution in [-0.4, -0.2) is 11.5 Å². The zero-order valence-electron chi connectivity index (χ0n) is 7.67. The van der Waals surface area contributed by atoms with E-state index < -0.39 is 5.54 Å². The molecule has 1 fully saturated rings. The van der Waals surface area contributed by atoms with E-state index in [1.807, 2.05) is 0 Å². The highest BCUT2D eigenvalue weighted by molar-refractivity contribution is 5.84. The third-order valence-corrected chi connectivity index (χ3v) is 1.86. The molecule has 0 spiro atoms. The fourth-order valence-corrected chi connectivity index (χ4v) is 0.775. The highest BCUT2D eigenvalue weighted by Crippen LogP contribution is 2.33. The zero-order chi connectivity index (χ0) is 9.73. The summed E-state index contributed by atoms with van der Waals surface area (Å²) in [5.74, 6) is 5.21. The summed E-state index contributed by atoms with van der Waals surface area (Å²) in [6.07, 6.45) is 5.12. The van der Waals surface area contributed by atoms with Crippen LogP contribution in [0.3, 0.4) is 0 Å². The standard InChI is InChI=1S/C10H13NO2/c1-2-3-4-5-8-13-9(12)10(11)6-7-10/h5,8H,4,6-7,11H2,1H3/b8-5-. The first-order chi connectivity index (χ1) is 6.19. The van der Waals surface area contributed by atoms with Gasteiger partial charge in [0.1, 0.15) is 5.54 Å². The van der Waals surface area contributed by atoms with Gasteiger partial charge in [0, 0.05) is 6.42 Å². The summed E-state index contributed by atoms with van der Waals surface area (Å²) in [4.78, 5) is 11.1. The molecule has 0 aliphatic heterocycles. The lowest BCUT2D eigenvalue weighted by molar-refractivity contribution is -0.140. The van der Waals surface area contributed by atoms with Gasteiger partial charge in [-0.2, -0.15) is 0 Å². The molecule has 1 aliphatic rings. The van der Waals surface area contributed by atoms with Crippen molar-refractivity contribution >= 4 is 5.97 Å². The maximum Gasteiger partial charge on any atom is 0.330 e. The molecule has 1 aliphatic carbocycles. The molecule has 0 radical (unpaired) electrons. The highest BCUT2D eigenvalue weighted by atomic mass is 16.5. The molecule has 70 valence electrons. The molecule has 0 saturated heterocycles. The molecule has 2 N–H and O–H groups in total. The number of ether oxygens (including phenoxy) is 1. The molecule has 0 unspecified atom stereocenters. The van der Waals surface area contributed by atoms with E-state index in [0.717, 1.165) is 12.8 Å². The van der Waals surface area contributed by atoms with Crippen LogP contribution in [0.4, 0.5) is 0 Å². The number of rotatable bonds is 3. The topological polar surface area (TPSA) is 52.3 Å². The highest BCUT2D eigenvalue weighted by Gasteiger charge is 2.47. The molecule has 0 heterocycles. The van der Waals surface area contributed by atoms with Crippen LogP contribution in [0.25, 0.3) is 0 Å². The number of esters is 1. The summed E-state index contributed by atoms with van der Waals surface area (Å²) < 4.78 is 4.80. The van der Waals surface area contributed by atoms with Crippen LogP contribution in [0.1, 0.15) is 26.2 Å². The van der Waals surface area contributed by atoms with E-state index in [4.69, 9.17) is 10.5 Å². The number of carbonyl (C=O) groups excluding carboxylic acids is 1. The quantitative estimate of drug-likeness (QED) is 0.398. The Balaban J connectivity index is 2.21. The van der Waals surface area contributed by atoms with E-state index in [-0.39, 0.29) is 5.97 Å². The maximum absolute atomic E-state index is 11.1. The van der Waals surface area contributed by atoms with Crippen molar-refractivity contribution in [2.24, 2.45) is 5.73 Å². The van der Waals surface area contributed by atoms with Crippen LogP contribution < -0.4 is 5.73 Å². The fraction of sp³-hybridized carbons (Fsp3) is 0.500. The lowest BCUT2D eigenvalue weighted by Gasteiger charge is -2.03. The molecule has 3 heteroatoms. The van der Waals surface area contributed by atoms with Gasteiger partial charge in [-0.1, -0.05) is 5.92 Å². The van der Waals surface area contributed by atoms with Gasteiger partial charge in [-0.15, -0.1) is 5.92 Å². The summed E-state index contributed by atoms with van der Waals surface area (Å²) in [6.45, 7) is 1.76. The predicted molar refractivity (Wildman–Crippen MR) is 49.5 cm³/mol. The molecule has 3 nitrogen and oxygen atoms in total. The second-order valence-corrected chi connectivity index (χ2v) is 3.06. The average Bonchev–Trinajstić information content (AvgIpc) is 2.84. The molecular formula is C10H13NO2. The van der Waals surface area contributed by atoms with Crippen molar-refractivity contribution in [2.75, 3.05) is 0 Å².